The topological polar surface area (TPSA) is 71.1 Å². The van der Waals surface area contributed by atoms with Crippen LogP contribution in [0.1, 0.15) is 20.7 Å². The second kappa shape index (κ2) is 9.02. The maximum Gasteiger partial charge on any atom is 0.258 e. The molecule has 0 aliphatic rings. The predicted molar refractivity (Wildman–Crippen MR) is 124 cm³/mol. The smallest absolute Gasteiger partial charge is 0.258 e. The number of halogens is 1. The van der Waals surface area contributed by atoms with Crippen LogP contribution in [0.15, 0.2) is 88.7 Å². The van der Waals surface area contributed by atoms with Gasteiger partial charge in [-0.15, -0.1) is 11.3 Å². The molecular weight excluding hydrogens is 462 g/mol. The normalized spacial score (nSPS) is 10.4. The summed E-state index contributed by atoms with van der Waals surface area (Å²) in [5.41, 5.74) is 3.50. The van der Waals surface area contributed by atoms with E-state index in [1.54, 1.807) is 18.2 Å². The van der Waals surface area contributed by atoms with Gasteiger partial charge in [-0.25, -0.2) is 4.98 Å². The van der Waals surface area contributed by atoms with Crippen molar-refractivity contribution in [2.45, 2.75) is 0 Å². The number of hydrogen-bond donors (Lipinski definition) is 2. The molecule has 0 saturated carbocycles. The van der Waals surface area contributed by atoms with E-state index in [0.717, 1.165) is 15.7 Å². The fourth-order valence-electron chi connectivity index (χ4n) is 2.79. The first-order valence-electron chi connectivity index (χ1n) is 9.08. The Morgan fingerprint density at radius 3 is 2.23 bits per heavy atom. The van der Waals surface area contributed by atoms with Crippen LogP contribution in [0.3, 0.4) is 0 Å². The first-order chi connectivity index (χ1) is 14.6. The number of carbonyl (C=O) groups excluding carboxylic acids is 2. The summed E-state index contributed by atoms with van der Waals surface area (Å²) < 4.78 is 0.729. The van der Waals surface area contributed by atoms with Crippen LogP contribution < -0.4 is 10.6 Å². The molecule has 0 spiro atoms. The van der Waals surface area contributed by atoms with Gasteiger partial charge in [-0.1, -0.05) is 42.5 Å². The quantitative estimate of drug-likeness (QED) is 0.365. The highest BCUT2D eigenvalue weighted by atomic mass is 79.9. The van der Waals surface area contributed by atoms with E-state index in [1.165, 1.54) is 11.3 Å². The number of nitrogens with one attached hydrogen (secondary N) is 2. The zero-order chi connectivity index (χ0) is 20.9. The number of amides is 2. The molecule has 2 N–H and O–H groups in total. The number of rotatable bonds is 5. The van der Waals surface area contributed by atoms with E-state index >= 15 is 0 Å². The molecule has 30 heavy (non-hydrogen) atoms. The minimum atomic E-state index is -0.220. The third-order valence-electron chi connectivity index (χ3n) is 4.32. The lowest BCUT2D eigenvalue weighted by atomic mass is 10.1. The number of hydrogen-bond acceptors (Lipinski definition) is 4. The van der Waals surface area contributed by atoms with Gasteiger partial charge in [0, 0.05) is 26.7 Å². The molecule has 4 aromatic rings. The molecule has 1 heterocycles. The Labute approximate surface area is 185 Å². The molecule has 0 aliphatic carbocycles. The van der Waals surface area contributed by atoms with Gasteiger partial charge in [0.2, 0.25) is 0 Å². The van der Waals surface area contributed by atoms with Gasteiger partial charge in [0.05, 0.1) is 11.3 Å². The average Bonchev–Trinajstić information content (AvgIpc) is 3.23. The van der Waals surface area contributed by atoms with Crippen LogP contribution in [0.4, 0.5) is 10.8 Å². The van der Waals surface area contributed by atoms with E-state index < -0.39 is 0 Å². The average molecular weight is 478 g/mol. The third-order valence-corrected chi connectivity index (χ3v) is 5.77. The van der Waals surface area contributed by atoms with Crippen molar-refractivity contribution in [2.24, 2.45) is 0 Å². The maximum atomic E-state index is 12.4. The van der Waals surface area contributed by atoms with E-state index in [9.17, 15) is 9.59 Å². The number of benzene rings is 3. The second-order valence-electron chi connectivity index (χ2n) is 6.37. The molecule has 7 heteroatoms. The van der Waals surface area contributed by atoms with Gasteiger partial charge in [0.1, 0.15) is 0 Å². The Bertz CT molecular complexity index is 1190. The number of anilines is 2. The zero-order valence-electron chi connectivity index (χ0n) is 15.6. The van der Waals surface area contributed by atoms with E-state index in [1.807, 2.05) is 66.0 Å². The number of carbonyl (C=O) groups is 2. The molecular formula is C23H16BrN3O2S. The van der Waals surface area contributed by atoms with Crippen molar-refractivity contribution in [3.05, 3.63) is 99.8 Å². The fourth-order valence-corrected chi connectivity index (χ4v) is 3.97. The summed E-state index contributed by atoms with van der Waals surface area (Å²) in [4.78, 5) is 29.2. The minimum absolute atomic E-state index is 0.158. The summed E-state index contributed by atoms with van der Waals surface area (Å²) in [6.07, 6.45) is 0. The summed E-state index contributed by atoms with van der Waals surface area (Å²) in [5.74, 6) is -0.378. The van der Waals surface area contributed by atoms with E-state index in [-0.39, 0.29) is 11.8 Å². The molecule has 5 nitrogen and oxygen atoms in total. The Morgan fingerprint density at radius 1 is 0.800 bits per heavy atom. The Morgan fingerprint density at radius 2 is 1.50 bits per heavy atom. The van der Waals surface area contributed by atoms with Gasteiger partial charge < -0.3 is 5.32 Å². The van der Waals surface area contributed by atoms with Gasteiger partial charge in [0.15, 0.2) is 5.13 Å². The highest BCUT2D eigenvalue weighted by Gasteiger charge is 2.12. The van der Waals surface area contributed by atoms with Crippen molar-refractivity contribution in [3.63, 3.8) is 0 Å². The molecule has 2 amide bonds. The summed E-state index contributed by atoms with van der Waals surface area (Å²) in [6, 6.07) is 23.7. The van der Waals surface area contributed by atoms with Gasteiger partial charge in [-0.2, -0.15) is 0 Å². The SMILES string of the molecule is O=C(Nc1ccc(-c2csc(NC(=O)c3ccccc3Br)n2)cc1)c1ccccc1. The van der Waals surface area contributed by atoms with E-state index in [0.29, 0.717) is 21.9 Å². The maximum absolute atomic E-state index is 12.4. The molecule has 4 rings (SSSR count). The Kier molecular flexibility index (Phi) is 6.02. The predicted octanol–water partition coefficient (Wildman–Crippen LogP) is 6.08. The Hall–Kier alpha value is -3.29. The summed E-state index contributed by atoms with van der Waals surface area (Å²) in [5, 5.41) is 8.10. The summed E-state index contributed by atoms with van der Waals surface area (Å²) in [6.45, 7) is 0. The van der Waals surface area contributed by atoms with Crippen LogP contribution >= 0.6 is 27.3 Å². The van der Waals surface area contributed by atoms with E-state index in [4.69, 9.17) is 0 Å². The molecule has 0 aliphatic heterocycles. The summed E-state index contributed by atoms with van der Waals surface area (Å²) in [7, 11) is 0. The molecule has 1 aromatic heterocycles. The first kappa shape index (κ1) is 20.0. The number of nitrogens with zero attached hydrogens (tertiary/aromatic N) is 1. The van der Waals surface area contributed by atoms with Crippen molar-refractivity contribution in [1.29, 1.82) is 0 Å². The number of thiazole rings is 1. The summed E-state index contributed by atoms with van der Waals surface area (Å²) >= 11 is 4.74. The van der Waals surface area contributed by atoms with Crippen LogP contribution in [0.25, 0.3) is 11.3 Å². The second-order valence-corrected chi connectivity index (χ2v) is 8.08. The lowest BCUT2D eigenvalue weighted by Gasteiger charge is -2.06. The van der Waals surface area contributed by atoms with Gasteiger partial charge in [-0.05, 0) is 52.3 Å². The number of aromatic nitrogens is 1. The van der Waals surface area contributed by atoms with Crippen molar-refractivity contribution in [1.82, 2.24) is 4.98 Å². The van der Waals surface area contributed by atoms with Gasteiger partial charge in [0.25, 0.3) is 11.8 Å². The third kappa shape index (κ3) is 4.64. The van der Waals surface area contributed by atoms with Gasteiger partial charge in [-0.3, -0.25) is 14.9 Å². The molecule has 0 bridgehead atoms. The largest absolute Gasteiger partial charge is 0.322 e. The van der Waals surface area contributed by atoms with Crippen molar-refractivity contribution in [3.8, 4) is 11.3 Å². The van der Waals surface area contributed by atoms with Crippen LogP contribution in [-0.4, -0.2) is 16.8 Å². The zero-order valence-corrected chi connectivity index (χ0v) is 18.0. The van der Waals surface area contributed by atoms with Crippen LogP contribution in [0.5, 0.6) is 0 Å². The molecule has 0 unspecified atom stereocenters. The van der Waals surface area contributed by atoms with Crippen LogP contribution in [-0.2, 0) is 0 Å². The Balaban J connectivity index is 1.43. The van der Waals surface area contributed by atoms with Crippen LogP contribution in [0.2, 0.25) is 0 Å². The van der Waals surface area contributed by atoms with Crippen molar-refractivity contribution in [2.75, 3.05) is 10.6 Å². The molecule has 0 radical (unpaired) electrons. The lowest BCUT2D eigenvalue weighted by molar-refractivity contribution is 0.101. The molecule has 0 fully saturated rings. The van der Waals surface area contributed by atoms with Gasteiger partial charge >= 0.3 is 0 Å². The molecule has 3 aromatic carbocycles. The monoisotopic (exact) mass is 477 g/mol. The standard InChI is InChI=1S/C23H16BrN3O2S/c24-19-9-5-4-8-18(19)22(29)27-23-26-20(14-30-23)15-10-12-17(13-11-15)25-21(28)16-6-2-1-3-7-16/h1-14H,(H,25,28)(H,26,27,29). The first-order valence-corrected chi connectivity index (χ1v) is 10.8. The highest BCUT2D eigenvalue weighted by Crippen LogP contribution is 2.27. The van der Waals surface area contributed by atoms with Crippen molar-refractivity contribution >= 4 is 49.9 Å². The molecule has 148 valence electrons. The van der Waals surface area contributed by atoms with E-state index in [2.05, 4.69) is 31.5 Å². The minimum Gasteiger partial charge on any atom is -0.322 e. The molecule has 0 atom stereocenters. The van der Waals surface area contributed by atoms with Crippen LogP contribution in [0, 0.1) is 0 Å². The van der Waals surface area contributed by atoms with Crippen molar-refractivity contribution < 1.29 is 9.59 Å². The molecule has 0 saturated heterocycles. The highest BCUT2D eigenvalue weighted by molar-refractivity contribution is 9.10. The lowest BCUT2D eigenvalue weighted by Crippen LogP contribution is -2.12. The fraction of sp³-hybridized carbons (Fsp3) is 0.